The number of nitrogens with one attached hydrogen (secondary N) is 1. The predicted molar refractivity (Wildman–Crippen MR) is 86.6 cm³/mol. The third kappa shape index (κ3) is 3.84. The third-order valence-corrected chi connectivity index (χ3v) is 5.21. The largest absolute Gasteiger partial charge is 0.352 e. The van der Waals surface area contributed by atoms with Crippen LogP contribution in [-0.2, 0) is 0 Å². The summed E-state index contributed by atoms with van der Waals surface area (Å²) >= 11 is 11.7. The van der Waals surface area contributed by atoms with Gasteiger partial charge in [-0.15, -0.1) is 0 Å². The summed E-state index contributed by atoms with van der Waals surface area (Å²) in [6.45, 7) is 0.753. The average Bonchev–Trinajstić information content (AvgIpc) is 2.75. The lowest BCUT2D eigenvalue weighted by atomic mass is 10.1. The maximum Gasteiger partial charge on any atom is 0.252 e. The Balaban J connectivity index is 1.93. The number of alkyl halides is 1. The molecule has 5 heteroatoms. The highest BCUT2D eigenvalue weighted by atomic mass is 127. The Hall–Kier alpha value is 0.190. The molecular weight excluding hydrogens is 428 g/mol. The molecule has 0 aromatic heterocycles. The minimum absolute atomic E-state index is 0.0278. The Bertz CT molecular complexity index is 455. The van der Waals surface area contributed by atoms with Crippen LogP contribution in [0, 0.1) is 9.49 Å². The van der Waals surface area contributed by atoms with Gasteiger partial charge >= 0.3 is 0 Å². The van der Waals surface area contributed by atoms with Crippen molar-refractivity contribution in [2.45, 2.75) is 24.1 Å². The van der Waals surface area contributed by atoms with Gasteiger partial charge in [0.25, 0.3) is 5.91 Å². The van der Waals surface area contributed by atoms with Crippen LogP contribution in [-0.4, -0.2) is 17.3 Å². The number of carbonyl (C=O) groups excluding carboxylic acids is 1. The van der Waals surface area contributed by atoms with Crippen molar-refractivity contribution in [3.05, 3.63) is 32.4 Å². The summed E-state index contributed by atoms with van der Waals surface area (Å²) in [6, 6.07) is 5.38. The summed E-state index contributed by atoms with van der Waals surface area (Å²) in [5, 5.41) is 3.61. The second kappa shape index (κ2) is 6.57. The van der Waals surface area contributed by atoms with Gasteiger partial charge in [-0.1, -0.05) is 27.5 Å². The molecule has 18 heavy (non-hydrogen) atoms. The van der Waals surface area contributed by atoms with E-state index >= 15 is 0 Å². The Morgan fingerprint density at radius 3 is 2.94 bits per heavy atom. The van der Waals surface area contributed by atoms with Crippen molar-refractivity contribution in [3.63, 3.8) is 0 Å². The molecule has 1 aliphatic carbocycles. The maximum atomic E-state index is 12.1. The van der Waals surface area contributed by atoms with Crippen molar-refractivity contribution < 1.29 is 4.79 Å². The normalized spacial score (nSPS) is 23.1. The number of hydrogen-bond donors (Lipinski definition) is 1. The number of rotatable bonds is 3. The predicted octanol–water partition coefficient (Wildman–Crippen LogP) is 4.24. The van der Waals surface area contributed by atoms with Crippen LogP contribution in [0.25, 0.3) is 0 Å². The molecule has 0 spiro atoms. The molecule has 0 aliphatic heterocycles. The topological polar surface area (TPSA) is 29.1 Å². The second-order valence-corrected chi connectivity index (χ2v) is 7.50. The smallest absolute Gasteiger partial charge is 0.252 e. The number of amides is 1. The van der Waals surface area contributed by atoms with Crippen molar-refractivity contribution in [1.29, 1.82) is 0 Å². The molecule has 1 saturated carbocycles. The van der Waals surface area contributed by atoms with E-state index in [0.29, 0.717) is 21.3 Å². The average molecular weight is 443 g/mol. The zero-order valence-corrected chi connectivity index (χ0v) is 14.3. The lowest BCUT2D eigenvalue weighted by Crippen LogP contribution is -2.29. The van der Waals surface area contributed by atoms with Crippen molar-refractivity contribution in [2.24, 2.45) is 5.92 Å². The molecule has 1 aromatic rings. The van der Waals surface area contributed by atoms with Gasteiger partial charge in [-0.25, -0.2) is 0 Å². The van der Waals surface area contributed by atoms with Crippen molar-refractivity contribution >= 4 is 56.0 Å². The molecule has 0 radical (unpaired) electrons. The molecule has 2 nitrogen and oxygen atoms in total. The Morgan fingerprint density at radius 2 is 2.28 bits per heavy atom. The fourth-order valence-corrected chi connectivity index (χ4v) is 3.75. The highest BCUT2D eigenvalue weighted by molar-refractivity contribution is 14.1. The van der Waals surface area contributed by atoms with Crippen LogP contribution < -0.4 is 5.32 Å². The standard InChI is InChI=1S/C13H14BrClINO/c14-9-2-1-8(5-9)7-17-13(18)11-6-10(15)3-4-12(11)16/h3-4,6,8-9H,1-2,5,7H2,(H,17,18). The van der Waals surface area contributed by atoms with E-state index in [4.69, 9.17) is 11.6 Å². The van der Waals surface area contributed by atoms with Gasteiger partial charge in [0.2, 0.25) is 0 Å². The fraction of sp³-hybridized carbons (Fsp3) is 0.462. The van der Waals surface area contributed by atoms with Gasteiger partial charge in [-0.3, -0.25) is 4.79 Å². The van der Waals surface area contributed by atoms with E-state index in [1.54, 1.807) is 12.1 Å². The van der Waals surface area contributed by atoms with Crippen LogP contribution in [0.3, 0.4) is 0 Å². The van der Waals surface area contributed by atoms with Gasteiger partial charge in [0.1, 0.15) is 0 Å². The summed E-state index contributed by atoms with van der Waals surface area (Å²) in [5.41, 5.74) is 0.663. The summed E-state index contributed by atoms with van der Waals surface area (Å²) < 4.78 is 0.930. The summed E-state index contributed by atoms with van der Waals surface area (Å²) in [6.07, 6.45) is 3.53. The molecular formula is C13H14BrClINO. The number of carbonyl (C=O) groups is 1. The van der Waals surface area contributed by atoms with E-state index in [0.717, 1.165) is 16.5 Å². The van der Waals surface area contributed by atoms with Crippen molar-refractivity contribution in [1.82, 2.24) is 5.32 Å². The summed E-state index contributed by atoms with van der Waals surface area (Å²) in [4.78, 5) is 12.7. The molecule has 1 aliphatic rings. The first-order valence-corrected chi connectivity index (χ1v) is 8.31. The van der Waals surface area contributed by atoms with E-state index < -0.39 is 0 Å². The number of hydrogen-bond acceptors (Lipinski definition) is 1. The van der Waals surface area contributed by atoms with Crippen molar-refractivity contribution in [3.8, 4) is 0 Å². The van der Waals surface area contributed by atoms with Crippen LogP contribution in [0.4, 0.5) is 0 Å². The Morgan fingerprint density at radius 1 is 1.50 bits per heavy atom. The highest BCUT2D eigenvalue weighted by Gasteiger charge is 2.23. The monoisotopic (exact) mass is 441 g/mol. The SMILES string of the molecule is O=C(NCC1CCC(Br)C1)c1cc(Cl)ccc1I. The van der Waals surface area contributed by atoms with E-state index in [9.17, 15) is 4.79 Å². The lowest BCUT2D eigenvalue weighted by Gasteiger charge is -2.12. The molecule has 2 rings (SSSR count). The molecule has 0 bridgehead atoms. The summed E-state index contributed by atoms with van der Waals surface area (Å²) in [5.74, 6) is 0.565. The Kier molecular flexibility index (Phi) is 5.33. The van der Waals surface area contributed by atoms with Gasteiger partial charge in [-0.2, -0.15) is 0 Å². The number of benzene rings is 1. The van der Waals surface area contributed by atoms with Crippen molar-refractivity contribution in [2.75, 3.05) is 6.54 Å². The van der Waals surface area contributed by atoms with Crippen LogP contribution in [0.5, 0.6) is 0 Å². The first-order valence-electron chi connectivity index (χ1n) is 5.93. The molecule has 0 saturated heterocycles. The first-order chi connectivity index (χ1) is 8.56. The molecule has 2 unspecified atom stereocenters. The van der Waals surface area contributed by atoms with E-state index in [1.165, 1.54) is 12.8 Å². The van der Waals surface area contributed by atoms with Gasteiger partial charge < -0.3 is 5.32 Å². The van der Waals surface area contributed by atoms with E-state index in [-0.39, 0.29) is 5.91 Å². The maximum absolute atomic E-state index is 12.1. The summed E-state index contributed by atoms with van der Waals surface area (Å²) in [7, 11) is 0. The first kappa shape index (κ1) is 14.6. The zero-order chi connectivity index (χ0) is 13.1. The number of halogens is 3. The quantitative estimate of drug-likeness (QED) is 0.551. The minimum Gasteiger partial charge on any atom is -0.352 e. The molecule has 0 heterocycles. The van der Waals surface area contributed by atoms with E-state index in [2.05, 4.69) is 43.8 Å². The fourth-order valence-electron chi connectivity index (χ4n) is 2.20. The van der Waals surface area contributed by atoms with Crippen LogP contribution >= 0.6 is 50.1 Å². The molecule has 98 valence electrons. The van der Waals surface area contributed by atoms with Gasteiger partial charge in [0.05, 0.1) is 5.56 Å². The van der Waals surface area contributed by atoms with Crippen LogP contribution in [0.2, 0.25) is 5.02 Å². The second-order valence-electron chi connectivity index (χ2n) is 4.61. The van der Waals surface area contributed by atoms with Gasteiger partial charge in [-0.05, 0) is 66.0 Å². The zero-order valence-electron chi connectivity index (χ0n) is 9.76. The van der Waals surface area contributed by atoms with Crippen LogP contribution in [0.1, 0.15) is 29.6 Å². The third-order valence-electron chi connectivity index (χ3n) is 3.20. The molecule has 1 N–H and O–H groups in total. The molecule has 1 aromatic carbocycles. The van der Waals surface area contributed by atoms with Crippen LogP contribution in [0.15, 0.2) is 18.2 Å². The van der Waals surface area contributed by atoms with Gasteiger partial charge in [0.15, 0.2) is 0 Å². The lowest BCUT2D eigenvalue weighted by molar-refractivity contribution is 0.0946. The highest BCUT2D eigenvalue weighted by Crippen LogP contribution is 2.30. The minimum atomic E-state index is -0.0278. The Labute approximate surface area is 134 Å². The van der Waals surface area contributed by atoms with E-state index in [1.807, 2.05) is 6.07 Å². The molecule has 1 amide bonds. The molecule has 1 fully saturated rings. The molecule has 2 atom stereocenters. The van der Waals surface area contributed by atoms with Gasteiger partial charge in [0, 0.05) is 20.0 Å².